The fraction of sp³-hybridized carbons (Fsp3) is 0.222. The molecule has 1 saturated heterocycles. The Hall–Kier alpha value is -2.87. The highest BCUT2D eigenvalue weighted by Crippen LogP contribution is 2.18. The number of carbonyl (C=O) groups excluding carboxylic acids is 2. The Morgan fingerprint density at radius 3 is 2.31 bits per heavy atom. The second kappa shape index (κ2) is 7.57. The van der Waals surface area contributed by atoms with Crippen molar-refractivity contribution >= 4 is 28.0 Å². The van der Waals surface area contributed by atoms with E-state index >= 15 is 0 Å². The van der Waals surface area contributed by atoms with E-state index in [1.165, 1.54) is 18.2 Å². The highest BCUT2D eigenvalue weighted by atomic mass is 32.2. The van der Waals surface area contributed by atoms with Gasteiger partial charge in [0, 0.05) is 37.4 Å². The zero-order valence-electron chi connectivity index (χ0n) is 14.0. The first-order chi connectivity index (χ1) is 12.5. The normalized spacial score (nSPS) is 14.8. The SMILES string of the molecule is O=CN1CCN(C(=O)c2cccc(NS(=O)(=O)c3ccccc3)c2)CC1. The van der Waals surface area contributed by atoms with Gasteiger partial charge in [-0.15, -0.1) is 0 Å². The van der Waals surface area contributed by atoms with Crippen LogP contribution in [0.1, 0.15) is 10.4 Å². The van der Waals surface area contributed by atoms with Crippen LogP contribution < -0.4 is 4.72 Å². The number of nitrogens with one attached hydrogen (secondary N) is 1. The van der Waals surface area contributed by atoms with Gasteiger partial charge >= 0.3 is 0 Å². The lowest BCUT2D eigenvalue weighted by Gasteiger charge is -2.32. The first-order valence-electron chi connectivity index (χ1n) is 8.16. The third-order valence-corrected chi connectivity index (χ3v) is 5.56. The van der Waals surface area contributed by atoms with Gasteiger partial charge in [-0.2, -0.15) is 0 Å². The summed E-state index contributed by atoms with van der Waals surface area (Å²) in [5.41, 5.74) is 0.726. The van der Waals surface area contributed by atoms with Gasteiger partial charge in [-0.25, -0.2) is 8.42 Å². The summed E-state index contributed by atoms with van der Waals surface area (Å²) in [4.78, 5) is 26.8. The standard InChI is InChI=1S/C18H19N3O4S/c22-14-20-9-11-21(12-10-20)18(23)15-5-4-6-16(13-15)19-26(24,25)17-7-2-1-3-8-17/h1-8,13-14,19H,9-12H2. The van der Waals surface area contributed by atoms with Crippen molar-refractivity contribution in [2.24, 2.45) is 0 Å². The Labute approximate surface area is 152 Å². The van der Waals surface area contributed by atoms with E-state index < -0.39 is 10.0 Å². The lowest BCUT2D eigenvalue weighted by Crippen LogP contribution is -2.48. The minimum atomic E-state index is -3.71. The van der Waals surface area contributed by atoms with E-state index in [0.29, 0.717) is 37.4 Å². The quantitative estimate of drug-likeness (QED) is 0.803. The van der Waals surface area contributed by atoms with Crippen molar-refractivity contribution in [3.05, 3.63) is 60.2 Å². The maximum Gasteiger partial charge on any atom is 0.261 e. The molecular weight excluding hydrogens is 354 g/mol. The zero-order chi connectivity index (χ0) is 18.6. The van der Waals surface area contributed by atoms with Crippen LogP contribution in [0.15, 0.2) is 59.5 Å². The Bertz CT molecular complexity index is 892. The van der Waals surface area contributed by atoms with Gasteiger partial charge in [-0.05, 0) is 30.3 Å². The van der Waals surface area contributed by atoms with E-state index in [4.69, 9.17) is 0 Å². The van der Waals surface area contributed by atoms with Gasteiger partial charge in [0.25, 0.3) is 15.9 Å². The number of hydrogen-bond donors (Lipinski definition) is 1. The summed E-state index contributed by atoms with van der Waals surface area (Å²) in [6.45, 7) is 1.90. The van der Waals surface area contributed by atoms with Crippen LogP contribution in [0.5, 0.6) is 0 Å². The van der Waals surface area contributed by atoms with Gasteiger partial charge < -0.3 is 9.80 Å². The molecule has 2 aromatic carbocycles. The van der Waals surface area contributed by atoms with Crippen LogP contribution in [0.2, 0.25) is 0 Å². The molecule has 0 bridgehead atoms. The maximum absolute atomic E-state index is 12.6. The van der Waals surface area contributed by atoms with Crippen LogP contribution in [0.4, 0.5) is 5.69 Å². The van der Waals surface area contributed by atoms with Gasteiger partial charge in [0.15, 0.2) is 0 Å². The summed E-state index contributed by atoms with van der Waals surface area (Å²) < 4.78 is 27.3. The molecule has 8 heteroatoms. The third-order valence-electron chi connectivity index (χ3n) is 4.17. The zero-order valence-corrected chi connectivity index (χ0v) is 14.9. The van der Waals surface area contributed by atoms with E-state index in [-0.39, 0.29) is 10.8 Å². The highest BCUT2D eigenvalue weighted by Gasteiger charge is 2.22. The molecule has 26 heavy (non-hydrogen) atoms. The van der Waals surface area contributed by atoms with Crippen LogP contribution in [-0.2, 0) is 14.8 Å². The van der Waals surface area contributed by atoms with Crippen LogP contribution in [-0.4, -0.2) is 56.7 Å². The highest BCUT2D eigenvalue weighted by molar-refractivity contribution is 7.92. The number of hydrogen-bond acceptors (Lipinski definition) is 4. The molecule has 0 aromatic heterocycles. The molecule has 2 aromatic rings. The molecule has 0 saturated carbocycles. The molecule has 0 radical (unpaired) electrons. The van der Waals surface area contributed by atoms with Gasteiger partial charge in [0.1, 0.15) is 0 Å². The smallest absolute Gasteiger partial charge is 0.261 e. The third kappa shape index (κ3) is 4.02. The number of rotatable bonds is 5. The average Bonchev–Trinajstić information content (AvgIpc) is 2.68. The molecule has 1 N–H and O–H groups in total. The fourth-order valence-electron chi connectivity index (χ4n) is 2.74. The molecule has 0 spiro atoms. The van der Waals surface area contributed by atoms with E-state index in [9.17, 15) is 18.0 Å². The monoisotopic (exact) mass is 373 g/mol. The first-order valence-corrected chi connectivity index (χ1v) is 9.64. The van der Waals surface area contributed by atoms with Gasteiger partial charge in [0.2, 0.25) is 6.41 Å². The lowest BCUT2D eigenvalue weighted by atomic mass is 10.1. The number of anilines is 1. The van der Waals surface area contributed by atoms with Gasteiger partial charge in [-0.3, -0.25) is 14.3 Å². The summed E-state index contributed by atoms with van der Waals surface area (Å²) >= 11 is 0. The predicted molar refractivity (Wildman–Crippen MR) is 97.2 cm³/mol. The Morgan fingerprint density at radius 2 is 1.65 bits per heavy atom. The number of amides is 2. The van der Waals surface area contributed by atoms with Gasteiger partial charge in [0.05, 0.1) is 4.90 Å². The van der Waals surface area contributed by atoms with Crippen molar-refractivity contribution in [2.45, 2.75) is 4.90 Å². The molecule has 0 atom stereocenters. The number of sulfonamides is 1. The van der Waals surface area contributed by atoms with Crippen molar-refractivity contribution in [1.29, 1.82) is 0 Å². The summed E-state index contributed by atoms with van der Waals surface area (Å²) in [5, 5.41) is 0. The van der Waals surface area contributed by atoms with Crippen LogP contribution in [0, 0.1) is 0 Å². The van der Waals surface area contributed by atoms with Gasteiger partial charge in [-0.1, -0.05) is 24.3 Å². The topological polar surface area (TPSA) is 86.8 Å². The van der Waals surface area contributed by atoms with E-state index in [1.54, 1.807) is 46.2 Å². The second-order valence-electron chi connectivity index (χ2n) is 5.93. The lowest BCUT2D eigenvalue weighted by molar-refractivity contribution is -0.119. The van der Waals surface area contributed by atoms with Crippen LogP contribution >= 0.6 is 0 Å². The van der Waals surface area contributed by atoms with Crippen molar-refractivity contribution in [2.75, 3.05) is 30.9 Å². The second-order valence-corrected chi connectivity index (χ2v) is 7.62. The molecule has 1 aliphatic rings. The van der Waals surface area contributed by atoms with Crippen molar-refractivity contribution in [3.8, 4) is 0 Å². The number of piperazine rings is 1. The van der Waals surface area contributed by atoms with Crippen LogP contribution in [0.25, 0.3) is 0 Å². The molecular formula is C18H19N3O4S. The minimum Gasteiger partial charge on any atom is -0.342 e. The Morgan fingerprint density at radius 1 is 0.962 bits per heavy atom. The minimum absolute atomic E-state index is 0.154. The summed E-state index contributed by atoms with van der Waals surface area (Å²) in [6, 6.07) is 14.4. The van der Waals surface area contributed by atoms with E-state index in [1.807, 2.05) is 0 Å². The number of benzene rings is 2. The predicted octanol–water partition coefficient (Wildman–Crippen LogP) is 1.40. The summed E-state index contributed by atoms with van der Waals surface area (Å²) in [6.07, 6.45) is 0.779. The Kier molecular flexibility index (Phi) is 5.22. The van der Waals surface area contributed by atoms with Crippen LogP contribution in [0.3, 0.4) is 0 Å². The number of carbonyl (C=O) groups is 2. The molecule has 0 aliphatic carbocycles. The molecule has 136 valence electrons. The van der Waals surface area contributed by atoms with Crippen molar-refractivity contribution in [1.82, 2.24) is 9.80 Å². The molecule has 3 rings (SSSR count). The Balaban J connectivity index is 1.74. The van der Waals surface area contributed by atoms with Crippen molar-refractivity contribution < 1.29 is 18.0 Å². The molecule has 1 heterocycles. The summed E-state index contributed by atoms with van der Waals surface area (Å²) in [5.74, 6) is -0.184. The first kappa shape index (κ1) is 17.9. The molecule has 1 fully saturated rings. The van der Waals surface area contributed by atoms with E-state index in [2.05, 4.69) is 4.72 Å². The largest absolute Gasteiger partial charge is 0.342 e. The molecule has 2 amide bonds. The number of nitrogens with zero attached hydrogens (tertiary/aromatic N) is 2. The molecule has 0 unspecified atom stereocenters. The summed E-state index contributed by atoms with van der Waals surface area (Å²) in [7, 11) is -3.71. The molecule has 1 aliphatic heterocycles. The molecule has 7 nitrogen and oxygen atoms in total. The van der Waals surface area contributed by atoms with Crippen molar-refractivity contribution in [3.63, 3.8) is 0 Å². The van der Waals surface area contributed by atoms with E-state index in [0.717, 1.165) is 6.41 Å². The average molecular weight is 373 g/mol. The fourth-order valence-corrected chi connectivity index (χ4v) is 3.81. The maximum atomic E-state index is 12.6.